The minimum atomic E-state index is -1.23. The topological polar surface area (TPSA) is 24.9 Å². The van der Waals surface area contributed by atoms with Crippen LogP contribution in [0.2, 0.25) is 78.6 Å². The van der Waals surface area contributed by atoms with Gasteiger partial charge in [0.1, 0.15) is 32.9 Å². The van der Waals surface area contributed by atoms with Gasteiger partial charge in [-0.1, -0.05) is 78.6 Å². The summed E-state index contributed by atoms with van der Waals surface area (Å²) in [7, 11) is -4.93. The summed E-state index contributed by atoms with van der Waals surface area (Å²) in [6, 6.07) is 0. The first-order chi connectivity index (χ1) is 12.5. The second-order valence-electron chi connectivity index (χ2n) is 11.9. The van der Waals surface area contributed by atoms with Gasteiger partial charge in [-0.15, -0.1) is 0 Å². The number of hydrogen-bond acceptors (Lipinski definition) is 4. The zero-order valence-corrected chi connectivity index (χ0v) is 25.4. The molecule has 0 spiro atoms. The smallest absolute Gasteiger partial charge is 0.112 e. The van der Waals surface area contributed by atoms with Gasteiger partial charge in [0.15, 0.2) is 0 Å². The average molecular weight is 465 g/mol. The van der Waals surface area contributed by atoms with Crippen molar-refractivity contribution in [3.05, 3.63) is 0 Å². The molecule has 0 unspecified atom stereocenters. The lowest BCUT2D eigenvalue weighted by Gasteiger charge is -2.43. The maximum absolute atomic E-state index is 5.83. The van der Waals surface area contributed by atoms with Crippen LogP contribution in [0.25, 0.3) is 0 Å². The van der Waals surface area contributed by atoms with Gasteiger partial charge in [-0.25, -0.2) is 0 Å². The highest BCUT2D eigenvalue weighted by Gasteiger charge is 2.34. The maximum atomic E-state index is 5.83. The normalized spacial score (nSPS) is 14.4. The molecule has 0 aliphatic rings. The molecule has 4 nitrogen and oxygen atoms in total. The van der Waals surface area contributed by atoms with Crippen molar-refractivity contribution < 1.29 is 9.47 Å². The number of hydrogen-bond donors (Lipinski definition) is 0. The van der Waals surface area contributed by atoms with E-state index in [1.807, 2.05) is 0 Å². The Morgan fingerprint density at radius 2 is 0.679 bits per heavy atom. The van der Waals surface area contributed by atoms with Crippen LogP contribution in [0.15, 0.2) is 0 Å². The summed E-state index contributed by atoms with van der Waals surface area (Å²) < 4.78 is 17.3. The first kappa shape index (κ1) is 28.7. The van der Waals surface area contributed by atoms with E-state index in [-0.39, 0.29) is 0 Å². The average Bonchev–Trinajstić information content (AvgIpc) is 2.42. The zero-order chi connectivity index (χ0) is 22.2. The molecule has 0 saturated heterocycles. The van der Waals surface area contributed by atoms with E-state index < -0.39 is 32.9 Å². The van der Waals surface area contributed by atoms with E-state index in [9.17, 15) is 0 Å². The highest BCUT2D eigenvalue weighted by Crippen LogP contribution is 2.20. The minimum Gasteiger partial charge on any atom is -0.379 e. The van der Waals surface area contributed by atoms with Crippen LogP contribution in [0.1, 0.15) is 12.8 Å². The van der Waals surface area contributed by atoms with Crippen molar-refractivity contribution in [3.8, 4) is 0 Å². The first-order valence-corrected chi connectivity index (χ1v) is 25.0. The third kappa shape index (κ3) is 12.4. The van der Waals surface area contributed by atoms with Gasteiger partial charge < -0.3 is 17.9 Å². The molecule has 28 heavy (non-hydrogen) atoms. The van der Waals surface area contributed by atoms with Crippen molar-refractivity contribution in [1.29, 1.82) is 0 Å². The Hall–Kier alpha value is 0.708. The summed E-state index contributed by atoms with van der Waals surface area (Å²) in [5.41, 5.74) is 0. The molecule has 170 valence electrons. The summed E-state index contributed by atoms with van der Waals surface area (Å²) in [5, 5.41) is 0. The Kier molecular flexibility index (Phi) is 12.2. The molecule has 0 amide bonds. The molecule has 0 rings (SSSR count). The van der Waals surface area contributed by atoms with Gasteiger partial charge in [0.2, 0.25) is 0 Å². The van der Waals surface area contributed by atoms with E-state index in [1.165, 1.54) is 13.1 Å². The van der Waals surface area contributed by atoms with E-state index in [0.29, 0.717) is 0 Å². The molecule has 0 aromatic rings. The van der Waals surface area contributed by atoms with Crippen LogP contribution in [0.5, 0.6) is 0 Å². The molecule has 0 aliphatic heterocycles. The van der Waals surface area contributed by atoms with Crippen molar-refractivity contribution in [1.82, 2.24) is 8.46 Å². The van der Waals surface area contributed by atoms with Crippen LogP contribution in [-0.2, 0) is 9.47 Å². The van der Waals surface area contributed by atoms with Crippen LogP contribution in [0.3, 0.4) is 0 Å². The molecule has 0 aromatic heterocycles. The van der Waals surface area contributed by atoms with Crippen LogP contribution in [0.4, 0.5) is 0 Å². The highest BCUT2D eigenvalue weighted by molar-refractivity contribution is 6.90. The molecule has 0 aliphatic carbocycles. The fraction of sp³-hybridized carbons (Fsp3) is 1.00. The molecule has 8 heteroatoms. The van der Waals surface area contributed by atoms with Crippen molar-refractivity contribution in [2.45, 2.75) is 91.4 Å². The highest BCUT2D eigenvalue weighted by atomic mass is 28.4. The largest absolute Gasteiger partial charge is 0.379 e. The van der Waals surface area contributed by atoms with Gasteiger partial charge in [-0.3, -0.25) is 0 Å². The van der Waals surface area contributed by atoms with E-state index >= 15 is 0 Å². The molecule has 0 aromatic carbocycles. The Labute approximate surface area is 181 Å². The lowest BCUT2D eigenvalue weighted by Crippen LogP contribution is -2.59. The standard InChI is InChI=1S/C20H52N2O2Si4/c1-25(2,3)21(26(4,5)6)15-13-17-23-19-20-24-18-14-16-22(27(7,8)9)28(10,11)12/h13-20H2,1-12H3. The molecule has 0 fully saturated rings. The molecular formula is C20H52N2O2Si4. The van der Waals surface area contributed by atoms with Gasteiger partial charge in [0.25, 0.3) is 0 Å². The third-order valence-corrected chi connectivity index (χ3v) is 20.4. The summed E-state index contributed by atoms with van der Waals surface area (Å²) in [5.74, 6) is 0. The van der Waals surface area contributed by atoms with Crippen LogP contribution >= 0.6 is 0 Å². The molecule has 0 heterocycles. The van der Waals surface area contributed by atoms with Crippen molar-refractivity contribution in [2.24, 2.45) is 0 Å². The number of nitrogens with zero attached hydrogens (tertiary/aromatic N) is 2. The minimum absolute atomic E-state index is 0.728. The fourth-order valence-corrected chi connectivity index (χ4v) is 23.7. The van der Waals surface area contributed by atoms with E-state index in [1.54, 1.807) is 0 Å². The molecule has 0 radical (unpaired) electrons. The van der Waals surface area contributed by atoms with Gasteiger partial charge in [0, 0.05) is 13.2 Å². The molecular weight excluding hydrogens is 413 g/mol. The molecule has 0 saturated carbocycles. The van der Waals surface area contributed by atoms with Crippen LogP contribution in [0, 0.1) is 0 Å². The van der Waals surface area contributed by atoms with Gasteiger partial charge in [-0.2, -0.15) is 0 Å². The van der Waals surface area contributed by atoms with Crippen molar-refractivity contribution >= 4 is 32.9 Å². The van der Waals surface area contributed by atoms with Crippen molar-refractivity contribution in [3.63, 3.8) is 0 Å². The second kappa shape index (κ2) is 11.9. The summed E-state index contributed by atoms with van der Waals surface area (Å²) >= 11 is 0. The summed E-state index contributed by atoms with van der Waals surface area (Å²) in [4.78, 5) is 0. The second-order valence-corrected chi connectivity index (χ2v) is 32.3. The van der Waals surface area contributed by atoms with E-state index in [0.717, 1.165) is 39.3 Å². The van der Waals surface area contributed by atoms with E-state index in [4.69, 9.17) is 9.47 Å². The number of rotatable bonds is 15. The van der Waals surface area contributed by atoms with Crippen LogP contribution in [-0.4, -0.2) is 80.9 Å². The summed E-state index contributed by atoms with van der Waals surface area (Å²) in [6.45, 7) is 35.1. The predicted molar refractivity (Wildman–Crippen MR) is 138 cm³/mol. The SMILES string of the molecule is C[Si](C)(C)N(CCCOCCOCCCN([Si](C)(C)C)[Si](C)(C)C)[Si](C)(C)C. The first-order valence-electron chi connectivity index (χ1n) is 11.2. The fourth-order valence-electron chi connectivity index (χ4n) is 4.33. The molecule has 0 bridgehead atoms. The summed E-state index contributed by atoms with van der Waals surface area (Å²) in [6.07, 6.45) is 2.27. The Balaban J connectivity index is 3.91. The number of ether oxygens (including phenoxy) is 2. The monoisotopic (exact) mass is 464 g/mol. The predicted octanol–water partition coefficient (Wildman–Crippen LogP) is 5.74. The Bertz CT molecular complexity index is 356. The van der Waals surface area contributed by atoms with Crippen LogP contribution < -0.4 is 0 Å². The maximum Gasteiger partial charge on any atom is 0.112 e. The zero-order valence-electron chi connectivity index (χ0n) is 21.4. The van der Waals surface area contributed by atoms with Gasteiger partial charge in [0.05, 0.1) is 13.2 Å². The van der Waals surface area contributed by atoms with Gasteiger partial charge >= 0.3 is 0 Å². The lowest BCUT2D eigenvalue weighted by molar-refractivity contribution is 0.0451. The Morgan fingerprint density at radius 3 is 0.893 bits per heavy atom. The quantitative estimate of drug-likeness (QED) is 0.228. The molecule has 0 atom stereocenters. The Morgan fingerprint density at radius 1 is 0.429 bits per heavy atom. The molecule has 0 N–H and O–H groups in total. The van der Waals surface area contributed by atoms with Crippen molar-refractivity contribution in [2.75, 3.05) is 39.5 Å². The van der Waals surface area contributed by atoms with E-state index in [2.05, 4.69) is 87.0 Å². The third-order valence-electron chi connectivity index (χ3n) is 4.95. The van der Waals surface area contributed by atoms with Gasteiger partial charge in [-0.05, 0) is 25.9 Å². The lowest BCUT2D eigenvalue weighted by atomic mass is 10.5.